The summed E-state index contributed by atoms with van der Waals surface area (Å²) in [4.78, 5) is 26.6. The fourth-order valence-electron chi connectivity index (χ4n) is 3.91. The molecule has 0 aromatic heterocycles. The molecule has 2 saturated heterocycles. The highest BCUT2D eigenvalue weighted by Gasteiger charge is 2.38. The van der Waals surface area contributed by atoms with Crippen LogP contribution in [0.5, 0.6) is 0 Å². The van der Waals surface area contributed by atoms with Crippen LogP contribution in [0.2, 0.25) is 0 Å². The summed E-state index contributed by atoms with van der Waals surface area (Å²) in [6, 6.07) is 7.36. The average Bonchev–Trinajstić information content (AvgIpc) is 3.37. The molecule has 1 saturated carbocycles. The predicted molar refractivity (Wildman–Crippen MR) is 92.9 cm³/mol. The van der Waals surface area contributed by atoms with Gasteiger partial charge >= 0.3 is 0 Å². The number of nitrogens with one attached hydrogen (secondary N) is 2. The zero-order chi connectivity index (χ0) is 16.6. The summed E-state index contributed by atoms with van der Waals surface area (Å²) < 4.78 is 0. The number of hydrogen-bond acceptors (Lipinski definition) is 3. The molecule has 2 amide bonds. The lowest BCUT2D eigenvalue weighted by atomic mass is 9.78. The van der Waals surface area contributed by atoms with Crippen LogP contribution >= 0.6 is 0 Å². The Morgan fingerprint density at radius 1 is 1.17 bits per heavy atom. The maximum absolute atomic E-state index is 12.8. The Bertz CT molecular complexity index is 638. The predicted octanol–water partition coefficient (Wildman–Crippen LogP) is 2.25. The molecule has 2 N–H and O–H groups in total. The summed E-state index contributed by atoms with van der Waals surface area (Å²) in [5.41, 5.74) is 1.81. The molecule has 3 fully saturated rings. The van der Waals surface area contributed by atoms with Crippen molar-refractivity contribution in [2.45, 2.75) is 32.1 Å². The van der Waals surface area contributed by atoms with E-state index in [2.05, 4.69) is 10.6 Å². The summed E-state index contributed by atoms with van der Waals surface area (Å²) in [7, 11) is 0. The molecule has 5 heteroatoms. The first-order valence-corrected chi connectivity index (χ1v) is 9.06. The Morgan fingerprint density at radius 2 is 1.96 bits per heavy atom. The van der Waals surface area contributed by atoms with Crippen LogP contribution in [-0.2, 0) is 4.79 Å². The summed E-state index contributed by atoms with van der Waals surface area (Å²) in [6.07, 6.45) is 5.37. The van der Waals surface area contributed by atoms with Gasteiger partial charge in [0.2, 0.25) is 5.91 Å². The van der Waals surface area contributed by atoms with Crippen LogP contribution in [0, 0.1) is 11.3 Å². The number of rotatable bonds is 3. The van der Waals surface area contributed by atoms with Crippen LogP contribution in [0.3, 0.4) is 0 Å². The van der Waals surface area contributed by atoms with Crippen molar-refractivity contribution < 1.29 is 9.59 Å². The number of amides is 2. The summed E-state index contributed by atoms with van der Waals surface area (Å²) in [6.45, 7) is 3.87. The molecular weight excluding hydrogens is 302 g/mol. The van der Waals surface area contributed by atoms with E-state index >= 15 is 0 Å². The van der Waals surface area contributed by atoms with Crippen LogP contribution in [-0.4, -0.2) is 42.9 Å². The van der Waals surface area contributed by atoms with Crippen molar-refractivity contribution in [3.63, 3.8) is 0 Å². The molecule has 2 heterocycles. The first-order valence-electron chi connectivity index (χ1n) is 9.06. The van der Waals surface area contributed by atoms with Gasteiger partial charge in [-0.25, -0.2) is 0 Å². The number of hydrogen-bond donors (Lipinski definition) is 2. The number of carbonyl (C=O) groups is 2. The Hall–Kier alpha value is -1.88. The Kier molecular flexibility index (Phi) is 4.04. The number of benzene rings is 1. The second kappa shape index (κ2) is 6.20. The number of anilines is 1. The molecule has 0 unspecified atom stereocenters. The fraction of sp³-hybridized carbons (Fsp3) is 0.579. The maximum atomic E-state index is 12.8. The third-order valence-electron chi connectivity index (χ3n) is 5.77. The molecule has 4 rings (SSSR count). The molecule has 128 valence electrons. The van der Waals surface area contributed by atoms with Gasteiger partial charge in [0.1, 0.15) is 0 Å². The van der Waals surface area contributed by atoms with E-state index in [-0.39, 0.29) is 17.7 Å². The van der Waals surface area contributed by atoms with E-state index in [1.165, 1.54) is 6.42 Å². The van der Waals surface area contributed by atoms with Gasteiger partial charge in [0.05, 0.1) is 0 Å². The molecule has 0 atom stereocenters. The van der Waals surface area contributed by atoms with Gasteiger partial charge in [-0.2, -0.15) is 0 Å². The van der Waals surface area contributed by atoms with Crippen LogP contribution in [0.1, 0.15) is 42.5 Å². The average molecular weight is 327 g/mol. The fourth-order valence-corrected chi connectivity index (χ4v) is 3.91. The molecule has 2 aliphatic heterocycles. The minimum absolute atomic E-state index is 0.0771. The molecule has 1 aromatic rings. The number of likely N-dealkylation sites (tertiary alicyclic amines) is 1. The van der Waals surface area contributed by atoms with Gasteiger partial charge in [-0.15, -0.1) is 0 Å². The molecule has 0 bridgehead atoms. The summed E-state index contributed by atoms with van der Waals surface area (Å²) in [5.74, 6) is 0.328. The smallest absolute Gasteiger partial charge is 0.253 e. The van der Waals surface area contributed by atoms with E-state index in [0.717, 1.165) is 57.5 Å². The van der Waals surface area contributed by atoms with Gasteiger partial charge < -0.3 is 15.5 Å². The van der Waals surface area contributed by atoms with Gasteiger partial charge in [0, 0.05) is 36.8 Å². The monoisotopic (exact) mass is 327 g/mol. The molecule has 1 aromatic carbocycles. The van der Waals surface area contributed by atoms with E-state index in [1.807, 2.05) is 29.2 Å². The van der Waals surface area contributed by atoms with Crippen LogP contribution in [0.4, 0.5) is 5.69 Å². The van der Waals surface area contributed by atoms with Crippen molar-refractivity contribution in [2.75, 3.05) is 31.5 Å². The second-order valence-corrected chi connectivity index (χ2v) is 7.56. The molecule has 0 radical (unpaired) electrons. The summed E-state index contributed by atoms with van der Waals surface area (Å²) in [5, 5.41) is 6.38. The van der Waals surface area contributed by atoms with Crippen LogP contribution < -0.4 is 10.6 Å². The highest BCUT2D eigenvalue weighted by molar-refractivity contribution is 5.98. The van der Waals surface area contributed by atoms with Crippen molar-refractivity contribution in [2.24, 2.45) is 11.3 Å². The maximum Gasteiger partial charge on any atom is 0.253 e. The largest absolute Gasteiger partial charge is 0.339 e. The lowest BCUT2D eigenvalue weighted by Gasteiger charge is -2.39. The van der Waals surface area contributed by atoms with Gasteiger partial charge in [-0.3, -0.25) is 9.59 Å². The van der Waals surface area contributed by atoms with E-state index < -0.39 is 0 Å². The van der Waals surface area contributed by atoms with E-state index in [0.29, 0.717) is 11.0 Å². The lowest BCUT2D eigenvalue weighted by molar-refractivity contribution is -0.117. The van der Waals surface area contributed by atoms with Crippen molar-refractivity contribution in [3.8, 4) is 0 Å². The van der Waals surface area contributed by atoms with Gasteiger partial charge in [-0.05, 0) is 62.3 Å². The molecular formula is C19H25N3O2. The standard InChI is InChI=1S/C19H25N3O2/c23-17(14-4-5-14)21-16-3-1-2-15(12-16)18(24)22-10-7-19(8-11-22)6-9-20-13-19/h1-3,12,14,20H,4-11,13H2,(H,21,23). The highest BCUT2D eigenvalue weighted by atomic mass is 16.2. The molecule has 3 aliphatic rings. The van der Waals surface area contributed by atoms with Gasteiger partial charge in [0.15, 0.2) is 0 Å². The quantitative estimate of drug-likeness (QED) is 0.895. The Morgan fingerprint density at radius 3 is 2.62 bits per heavy atom. The van der Waals surface area contributed by atoms with Crippen molar-refractivity contribution in [1.82, 2.24) is 10.2 Å². The van der Waals surface area contributed by atoms with Gasteiger partial charge in [-0.1, -0.05) is 6.07 Å². The molecule has 5 nitrogen and oxygen atoms in total. The Labute approximate surface area is 142 Å². The molecule has 1 spiro atoms. The second-order valence-electron chi connectivity index (χ2n) is 7.56. The zero-order valence-corrected chi connectivity index (χ0v) is 14.0. The highest BCUT2D eigenvalue weighted by Crippen LogP contribution is 2.37. The van der Waals surface area contributed by atoms with E-state index in [4.69, 9.17) is 0 Å². The van der Waals surface area contributed by atoms with E-state index in [1.54, 1.807) is 0 Å². The Balaban J connectivity index is 1.40. The van der Waals surface area contributed by atoms with Crippen LogP contribution in [0.25, 0.3) is 0 Å². The molecule has 24 heavy (non-hydrogen) atoms. The lowest BCUT2D eigenvalue weighted by Crippen LogP contribution is -2.44. The topological polar surface area (TPSA) is 61.4 Å². The third kappa shape index (κ3) is 3.18. The summed E-state index contributed by atoms with van der Waals surface area (Å²) >= 11 is 0. The van der Waals surface area contributed by atoms with Gasteiger partial charge in [0.25, 0.3) is 5.91 Å². The molecule has 1 aliphatic carbocycles. The van der Waals surface area contributed by atoms with Crippen molar-refractivity contribution >= 4 is 17.5 Å². The number of nitrogens with zero attached hydrogens (tertiary/aromatic N) is 1. The first-order chi connectivity index (χ1) is 11.7. The van der Waals surface area contributed by atoms with Crippen LogP contribution in [0.15, 0.2) is 24.3 Å². The minimum atomic E-state index is 0.0771. The van der Waals surface area contributed by atoms with Crippen molar-refractivity contribution in [1.29, 1.82) is 0 Å². The first kappa shape index (κ1) is 15.6. The zero-order valence-electron chi connectivity index (χ0n) is 14.0. The van der Waals surface area contributed by atoms with E-state index in [9.17, 15) is 9.59 Å². The number of carbonyl (C=O) groups excluding carboxylic acids is 2. The third-order valence-corrected chi connectivity index (χ3v) is 5.77. The van der Waals surface area contributed by atoms with Crippen molar-refractivity contribution in [3.05, 3.63) is 29.8 Å². The number of piperidine rings is 1. The normalized spacial score (nSPS) is 22.6. The SMILES string of the molecule is O=C(Nc1cccc(C(=O)N2CCC3(CCNC3)CC2)c1)C1CC1. The minimum Gasteiger partial charge on any atom is -0.339 e.